The van der Waals surface area contributed by atoms with Crippen LogP contribution in [-0.2, 0) is 6.18 Å². The first-order valence-corrected chi connectivity index (χ1v) is 4.98. The molecule has 0 aliphatic rings. The van der Waals surface area contributed by atoms with E-state index >= 15 is 0 Å². The average molecular weight is 233 g/mol. The monoisotopic (exact) mass is 233 g/mol. The van der Waals surface area contributed by atoms with Crippen molar-refractivity contribution < 1.29 is 17.9 Å². The highest BCUT2D eigenvalue weighted by Gasteiger charge is 2.34. The largest absolute Gasteiger partial charge is 0.490 e. The minimum absolute atomic E-state index is 0.143. The van der Waals surface area contributed by atoms with Gasteiger partial charge in [-0.25, -0.2) is 0 Å². The van der Waals surface area contributed by atoms with Crippen molar-refractivity contribution in [2.24, 2.45) is 5.73 Å². The van der Waals surface area contributed by atoms with E-state index in [-0.39, 0.29) is 11.9 Å². The van der Waals surface area contributed by atoms with Crippen LogP contribution in [0, 0.1) is 0 Å². The molecule has 1 aromatic carbocycles. The van der Waals surface area contributed by atoms with E-state index in [0.29, 0.717) is 13.0 Å². The first-order chi connectivity index (χ1) is 7.45. The molecule has 90 valence electrons. The van der Waals surface area contributed by atoms with Crippen LogP contribution in [0.25, 0.3) is 0 Å². The van der Waals surface area contributed by atoms with Gasteiger partial charge in [0.05, 0.1) is 11.7 Å². The van der Waals surface area contributed by atoms with Crippen molar-refractivity contribution in [1.29, 1.82) is 0 Å². The Balaban J connectivity index is 2.87. The number of halogens is 3. The zero-order valence-corrected chi connectivity index (χ0v) is 8.92. The van der Waals surface area contributed by atoms with Crippen molar-refractivity contribution in [2.45, 2.75) is 25.6 Å². The summed E-state index contributed by atoms with van der Waals surface area (Å²) in [5.41, 5.74) is 4.55. The number of benzene rings is 1. The van der Waals surface area contributed by atoms with Crippen molar-refractivity contribution in [3.8, 4) is 5.75 Å². The molecule has 0 aliphatic carbocycles. The number of alkyl halides is 3. The van der Waals surface area contributed by atoms with Gasteiger partial charge in [0.15, 0.2) is 0 Å². The Morgan fingerprint density at radius 3 is 2.50 bits per heavy atom. The highest BCUT2D eigenvalue weighted by molar-refractivity contribution is 5.35. The number of para-hydroxylation sites is 1. The lowest BCUT2D eigenvalue weighted by atomic mass is 10.2. The van der Waals surface area contributed by atoms with Crippen molar-refractivity contribution in [1.82, 2.24) is 0 Å². The highest BCUT2D eigenvalue weighted by atomic mass is 19.4. The van der Waals surface area contributed by atoms with E-state index < -0.39 is 11.7 Å². The molecule has 0 spiro atoms. The van der Waals surface area contributed by atoms with Crippen molar-refractivity contribution >= 4 is 0 Å². The van der Waals surface area contributed by atoms with Crippen molar-refractivity contribution in [3.05, 3.63) is 29.8 Å². The van der Waals surface area contributed by atoms with E-state index in [0.717, 1.165) is 6.07 Å². The highest BCUT2D eigenvalue weighted by Crippen LogP contribution is 2.36. The minimum atomic E-state index is -4.39. The summed E-state index contributed by atoms with van der Waals surface area (Å²) in [7, 11) is 0. The molecule has 1 aromatic rings. The Bertz CT molecular complexity index is 338. The molecule has 0 bridgehead atoms. The molecule has 0 radical (unpaired) electrons. The summed E-state index contributed by atoms with van der Waals surface area (Å²) < 4.78 is 43.0. The van der Waals surface area contributed by atoms with Crippen LogP contribution >= 0.6 is 0 Å². The van der Waals surface area contributed by atoms with Gasteiger partial charge in [-0.3, -0.25) is 0 Å². The Hall–Kier alpha value is -1.23. The van der Waals surface area contributed by atoms with Gasteiger partial charge in [0.2, 0.25) is 0 Å². The van der Waals surface area contributed by atoms with Gasteiger partial charge in [0.25, 0.3) is 0 Å². The van der Waals surface area contributed by atoms with E-state index in [1.54, 1.807) is 6.92 Å². The predicted octanol–water partition coefficient (Wildman–Crippen LogP) is 2.82. The van der Waals surface area contributed by atoms with Gasteiger partial charge in [0, 0.05) is 0 Å². The molecule has 0 saturated heterocycles. The third-order valence-electron chi connectivity index (χ3n) is 2.09. The second-order valence-corrected chi connectivity index (χ2v) is 3.50. The third kappa shape index (κ3) is 3.41. The molecule has 0 saturated carbocycles. The molecule has 1 rings (SSSR count). The quantitative estimate of drug-likeness (QED) is 0.867. The number of ether oxygens (including phenoxy) is 1. The van der Waals surface area contributed by atoms with Crippen LogP contribution in [-0.4, -0.2) is 12.6 Å². The Morgan fingerprint density at radius 1 is 1.31 bits per heavy atom. The molecular formula is C11H14F3NO. The predicted molar refractivity (Wildman–Crippen MR) is 55.2 cm³/mol. The van der Waals surface area contributed by atoms with E-state index in [2.05, 4.69) is 0 Å². The van der Waals surface area contributed by atoms with Gasteiger partial charge in [-0.1, -0.05) is 12.1 Å². The zero-order valence-electron chi connectivity index (χ0n) is 8.92. The summed E-state index contributed by atoms with van der Waals surface area (Å²) in [4.78, 5) is 0. The van der Waals surface area contributed by atoms with E-state index in [1.165, 1.54) is 18.2 Å². The maximum absolute atomic E-state index is 12.6. The fourth-order valence-corrected chi connectivity index (χ4v) is 1.31. The lowest BCUT2D eigenvalue weighted by Gasteiger charge is -2.17. The number of nitrogens with two attached hydrogens (primary N) is 1. The molecule has 0 amide bonds. The van der Waals surface area contributed by atoms with Crippen LogP contribution < -0.4 is 10.5 Å². The molecule has 0 aromatic heterocycles. The van der Waals surface area contributed by atoms with E-state index in [1.807, 2.05) is 0 Å². The topological polar surface area (TPSA) is 35.2 Å². The van der Waals surface area contributed by atoms with Gasteiger partial charge < -0.3 is 10.5 Å². The van der Waals surface area contributed by atoms with Crippen LogP contribution in [0.4, 0.5) is 13.2 Å². The van der Waals surface area contributed by atoms with Crippen LogP contribution in [0.3, 0.4) is 0 Å². The fraction of sp³-hybridized carbons (Fsp3) is 0.455. The minimum Gasteiger partial charge on any atom is -0.490 e. The Labute approximate surface area is 92.2 Å². The average Bonchev–Trinajstić information content (AvgIpc) is 2.17. The molecule has 2 nitrogen and oxygen atoms in total. The number of hydrogen-bond donors (Lipinski definition) is 1. The first kappa shape index (κ1) is 12.8. The van der Waals surface area contributed by atoms with Gasteiger partial charge in [-0.15, -0.1) is 0 Å². The summed E-state index contributed by atoms with van der Waals surface area (Å²) in [6.07, 6.45) is -4.20. The van der Waals surface area contributed by atoms with Gasteiger partial charge in [-0.2, -0.15) is 13.2 Å². The Morgan fingerprint density at radius 2 is 1.94 bits per heavy atom. The standard InChI is InChI=1S/C11H14F3NO/c1-8(6-7-15)16-10-5-3-2-4-9(10)11(12,13)14/h2-5,8H,6-7,15H2,1H3. The van der Waals surface area contributed by atoms with Gasteiger partial charge in [0.1, 0.15) is 5.75 Å². The van der Waals surface area contributed by atoms with E-state index in [4.69, 9.17) is 10.5 Å². The van der Waals surface area contributed by atoms with Gasteiger partial charge in [-0.05, 0) is 32.0 Å². The van der Waals surface area contributed by atoms with Crippen molar-refractivity contribution in [2.75, 3.05) is 6.54 Å². The second kappa shape index (κ2) is 5.21. The molecule has 5 heteroatoms. The summed E-state index contributed by atoms with van der Waals surface area (Å²) in [6, 6.07) is 5.17. The van der Waals surface area contributed by atoms with Crippen molar-refractivity contribution in [3.63, 3.8) is 0 Å². The fourth-order valence-electron chi connectivity index (χ4n) is 1.31. The summed E-state index contributed by atoms with van der Waals surface area (Å²) >= 11 is 0. The Kier molecular flexibility index (Phi) is 4.18. The second-order valence-electron chi connectivity index (χ2n) is 3.50. The molecule has 16 heavy (non-hydrogen) atoms. The summed E-state index contributed by atoms with van der Waals surface area (Å²) in [6.45, 7) is 2.08. The molecule has 2 N–H and O–H groups in total. The van der Waals surface area contributed by atoms with Crippen LogP contribution in [0.15, 0.2) is 24.3 Å². The number of rotatable bonds is 4. The molecule has 1 unspecified atom stereocenters. The zero-order chi connectivity index (χ0) is 12.2. The summed E-state index contributed by atoms with van der Waals surface area (Å²) in [5, 5.41) is 0. The summed E-state index contributed by atoms with van der Waals surface area (Å²) in [5.74, 6) is -0.143. The van der Waals surface area contributed by atoms with E-state index in [9.17, 15) is 13.2 Å². The SMILES string of the molecule is CC(CCN)Oc1ccccc1C(F)(F)F. The van der Waals surface area contributed by atoms with Crippen LogP contribution in [0.1, 0.15) is 18.9 Å². The molecule has 0 aliphatic heterocycles. The molecule has 1 atom stereocenters. The molecule has 0 fully saturated rings. The maximum atomic E-state index is 12.6. The first-order valence-electron chi connectivity index (χ1n) is 4.98. The van der Waals surface area contributed by atoms with Crippen LogP contribution in [0.2, 0.25) is 0 Å². The van der Waals surface area contributed by atoms with Gasteiger partial charge >= 0.3 is 6.18 Å². The smallest absolute Gasteiger partial charge is 0.419 e. The normalized spacial score (nSPS) is 13.6. The molecular weight excluding hydrogens is 219 g/mol. The number of hydrogen-bond acceptors (Lipinski definition) is 2. The maximum Gasteiger partial charge on any atom is 0.419 e. The third-order valence-corrected chi connectivity index (χ3v) is 2.09. The lowest BCUT2D eigenvalue weighted by Crippen LogP contribution is -2.19. The molecule has 0 heterocycles. The van der Waals surface area contributed by atoms with Crippen LogP contribution in [0.5, 0.6) is 5.75 Å². The lowest BCUT2D eigenvalue weighted by molar-refractivity contribution is -0.139.